The van der Waals surface area contributed by atoms with Crippen molar-refractivity contribution in [3.8, 4) is 0 Å². The minimum Gasteiger partial charge on any atom is -0.480 e. The molecule has 0 radical (unpaired) electrons. The Hall–Kier alpha value is -3.03. The molecule has 0 saturated heterocycles. The Balaban J connectivity index is 2.50. The number of carboxylic acids is 1. The summed E-state index contributed by atoms with van der Waals surface area (Å²) in [4.78, 5) is 37.1. The van der Waals surface area contributed by atoms with Gasteiger partial charge in [0.1, 0.15) is 11.7 Å². The number of carbonyl (C=O) groups excluding carboxylic acids is 1. The van der Waals surface area contributed by atoms with Crippen LogP contribution in [0, 0.1) is 10.1 Å². The van der Waals surface area contributed by atoms with Crippen molar-refractivity contribution < 1.29 is 19.6 Å². The number of carboxylic acid groups (broad SMARTS) is 1. The predicted octanol–water partition coefficient (Wildman–Crippen LogP) is 1.35. The fourth-order valence-corrected chi connectivity index (χ4v) is 1.86. The zero-order valence-corrected chi connectivity index (χ0v) is 10.9. The number of fused-ring (bicyclic) bond motifs is 1. The summed E-state index contributed by atoms with van der Waals surface area (Å²) in [6, 6.07) is 4.64. The van der Waals surface area contributed by atoms with Gasteiger partial charge in [0.25, 0.3) is 11.6 Å². The monoisotopic (exact) mass is 289 g/mol. The van der Waals surface area contributed by atoms with Crippen LogP contribution in [0.25, 0.3) is 10.8 Å². The molecule has 21 heavy (non-hydrogen) atoms. The molecule has 8 nitrogen and oxygen atoms in total. The van der Waals surface area contributed by atoms with Crippen LogP contribution >= 0.6 is 0 Å². The standard InChI is InChI=1S/C13H11N3O5/c1-7(13(18)19)15-12(17)11-9-3-2-4-10(16(20)21)8(9)5-6-14-11/h2-7H,1H3,(H,15,17)(H,18,19). The predicted molar refractivity (Wildman–Crippen MR) is 73.0 cm³/mol. The van der Waals surface area contributed by atoms with Crippen LogP contribution in [0.3, 0.4) is 0 Å². The number of rotatable bonds is 4. The van der Waals surface area contributed by atoms with Gasteiger partial charge in [-0.15, -0.1) is 0 Å². The molecule has 2 rings (SSSR count). The van der Waals surface area contributed by atoms with Crippen LogP contribution in [0.4, 0.5) is 5.69 Å². The van der Waals surface area contributed by atoms with E-state index < -0.39 is 22.8 Å². The van der Waals surface area contributed by atoms with E-state index in [1.807, 2.05) is 0 Å². The van der Waals surface area contributed by atoms with Gasteiger partial charge in [-0.1, -0.05) is 12.1 Å². The number of pyridine rings is 1. The third-order valence-electron chi connectivity index (χ3n) is 2.91. The Bertz CT molecular complexity index is 744. The molecular weight excluding hydrogens is 278 g/mol. The Morgan fingerprint density at radius 3 is 2.67 bits per heavy atom. The van der Waals surface area contributed by atoms with Crippen LogP contribution in [0.2, 0.25) is 0 Å². The average molecular weight is 289 g/mol. The summed E-state index contributed by atoms with van der Waals surface area (Å²) in [6.45, 7) is 1.31. The topological polar surface area (TPSA) is 122 Å². The number of benzene rings is 1. The second-order valence-corrected chi connectivity index (χ2v) is 4.32. The minimum absolute atomic E-state index is 0.0516. The molecule has 1 aromatic heterocycles. The number of aromatic nitrogens is 1. The molecule has 0 aliphatic rings. The Kier molecular flexibility index (Phi) is 3.79. The van der Waals surface area contributed by atoms with Gasteiger partial charge in [0.05, 0.1) is 10.3 Å². The summed E-state index contributed by atoms with van der Waals surface area (Å²) < 4.78 is 0. The number of hydrogen-bond acceptors (Lipinski definition) is 5. The Labute approximate surface area is 118 Å². The van der Waals surface area contributed by atoms with Crippen molar-refractivity contribution in [1.82, 2.24) is 10.3 Å². The second-order valence-electron chi connectivity index (χ2n) is 4.32. The number of hydrogen-bond donors (Lipinski definition) is 2. The number of non-ortho nitro benzene ring substituents is 1. The number of nitrogens with zero attached hydrogens (tertiary/aromatic N) is 2. The zero-order valence-electron chi connectivity index (χ0n) is 10.9. The van der Waals surface area contributed by atoms with Crippen molar-refractivity contribution in [1.29, 1.82) is 0 Å². The maximum Gasteiger partial charge on any atom is 0.325 e. The number of carbonyl (C=O) groups is 2. The highest BCUT2D eigenvalue weighted by Gasteiger charge is 2.20. The molecule has 0 spiro atoms. The molecule has 108 valence electrons. The Morgan fingerprint density at radius 1 is 1.33 bits per heavy atom. The summed E-state index contributed by atoms with van der Waals surface area (Å²) in [5, 5.41) is 22.6. The van der Waals surface area contributed by atoms with Gasteiger partial charge >= 0.3 is 5.97 Å². The number of nitrogens with one attached hydrogen (secondary N) is 1. The van der Waals surface area contributed by atoms with E-state index in [-0.39, 0.29) is 16.8 Å². The van der Waals surface area contributed by atoms with E-state index in [4.69, 9.17) is 5.11 Å². The van der Waals surface area contributed by atoms with Crippen LogP contribution in [0.5, 0.6) is 0 Å². The summed E-state index contributed by atoms with van der Waals surface area (Å²) >= 11 is 0. The molecule has 2 aromatic rings. The summed E-state index contributed by atoms with van der Waals surface area (Å²) in [5.41, 5.74) is -0.195. The molecule has 0 saturated carbocycles. The van der Waals surface area contributed by atoms with Gasteiger partial charge in [-0.05, 0) is 13.0 Å². The summed E-state index contributed by atoms with van der Waals surface area (Å²) in [6.07, 6.45) is 1.27. The molecule has 1 unspecified atom stereocenters. The van der Waals surface area contributed by atoms with E-state index >= 15 is 0 Å². The number of nitro groups is 1. The lowest BCUT2D eigenvalue weighted by Crippen LogP contribution is -2.38. The highest BCUT2D eigenvalue weighted by Crippen LogP contribution is 2.26. The molecule has 1 amide bonds. The van der Waals surface area contributed by atoms with Crippen molar-refractivity contribution in [3.05, 3.63) is 46.3 Å². The quantitative estimate of drug-likeness (QED) is 0.647. The lowest BCUT2D eigenvalue weighted by molar-refractivity contribution is -0.383. The number of amides is 1. The van der Waals surface area contributed by atoms with Gasteiger partial charge in [0.15, 0.2) is 0 Å². The van der Waals surface area contributed by atoms with Gasteiger partial charge in [-0.25, -0.2) is 0 Å². The van der Waals surface area contributed by atoms with Gasteiger partial charge in [-0.2, -0.15) is 0 Å². The van der Waals surface area contributed by atoms with Crippen LogP contribution < -0.4 is 5.32 Å². The average Bonchev–Trinajstić information content (AvgIpc) is 2.45. The maximum atomic E-state index is 12.0. The molecule has 1 atom stereocenters. The first-order valence-electron chi connectivity index (χ1n) is 5.97. The molecule has 1 aromatic carbocycles. The maximum absolute atomic E-state index is 12.0. The van der Waals surface area contributed by atoms with Crippen LogP contribution in [0.1, 0.15) is 17.4 Å². The third-order valence-corrected chi connectivity index (χ3v) is 2.91. The first kappa shape index (κ1) is 14.4. The van der Waals surface area contributed by atoms with E-state index in [1.54, 1.807) is 0 Å². The van der Waals surface area contributed by atoms with E-state index in [0.29, 0.717) is 5.39 Å². The first-order valence-corrected chi connectivity index (χ1v) is 5.97. The second kappa shape index (κ2) is 5.53. The Morgan fingerprint density at radius 2 is 2.05 bits per heavy atom. The zero-order chi connectivity index (χ0) is 15.6. The summed E-state index contributed by atoms with van der Waals surface area (Å²) in [7, 11) is 0. The van der Waals surface area contributed by atoms with E-state index in [9.17, 15) is 19.7 Å². The SMILES string of the molecule is CC(NC(=O)c1nccc2c([N+](=O)[O-])cccc12)C(=O)O. The molecular formula is C13H11N3O5. The van der Waals surface area contributed by atoms with Crippen molar-refractivity contribution >= 4 is 28.3 Å². The molecule has 8 heteroatoms. The molecule has 0 bridgehead atoms. The van der Waals surface area contributed by atoms with E-state index in [2.05, 4.69) is 10.3 Å². The fourth-order valence-electron chi connectivity index (χ4n) is 1.86. The number of nitro benzene ring substituents is 1. The van der Waals surface area contributed by atoms with Crippen molar-refractivity contribution in [2.75, 3.05) is 0 Å². The van der Waals surface area contributed by atoms with Gasteiger partial charge in [0, 0.05) is 17.6 Å². The van der Waals surface area contributed by atoms with Gasteiger partial charge in [0.2, 0.25) is 0 Å². The van der Waals surface area contributed by atoms with Gasteiger partial charge < -0.3 is 10.4 Å². The van der Waals surface area contributed by atoms with Crippen LogP contribution in [-0.4, -0.2) is 32.9 Å². The largest absolute Gasteiger partial charge is 0.480 e. The molecule has 2 N–H and O–H groups in total. The highest BCUT2D eigenvalue weighted by atomic mass is 16.6. The molecule has 0 fully saturated rings. The van der Waals surface area contributed by atoms with Crippen molar-refractivity contribution in [3.63, 3.8) is 0 Å². The minimum atomic E-state index is -1.19. The van der Waals surface area contributed by atoms with Crippen molar-refractivity contribution in [2.24, 2.45) is 0 Å². The molecule has 1 heterocycles. The smallest absolute Gasteiger partial charge is 0.325 e. The highest BCUT2D eigenvalue weighted by molar-refractivity contribution is 6.08. The van der Waals surface area contributed by atoms with Crippen LogP contribution in [0.15, 0.2) is 30.5 Å². The molecule has 0 aliphatic heterocycles. The fraction of sp³-hybridized carbons (Fsp3) is 0.154. The number of aliphatic carboxylic acids is 1. The van der Waals surface area contributed by atoms with Crippen molar-refractivity contribution in [2.45, 2.75) is 13.0 Å². The third kappa shape index (κ3) is 2.78. The van der Waals surface area contributed by atoms with Gasteiger partial charge in [-0.3, -0.25) is 24.7 Å². The normalized spacial score (nSPS) is 11.9. The van der Waals surface area contributed by atoms with Crippen LogP contribution in [-0.2, 0) is 4.79 Å². The first-order chi connectivity index (χ1) is 9.91. The lowest BCUT2D eigenvalue weighted by Gasteiger charge is -2.10. The summed E-state index contributed by atoms with van der Waals surface area (Å²) in [5.74, 6) is -1.88. The lowest BCUT2D eigenvalue weighted by atomic mass is 10.1. The van der Waals surface area contributed by atoms with E-state index in [0.717, 1.165) is 0 Å². The van der Waals surface area contributed by atoms with E-state index in [1.165, 1.54) is 37.4 Å². The molecule has 0 aliphatic carbocycles.